The van der Waals surface area contributed by atoms with E-state index in [0.717, 1.165) is 0 Å². The van der Waals surface area contributed by atoms with Crippen molar-refractivity contribution in [3.63, 3.8) is 0 Å². The second-order valence-corrected chi connectivity index (χ2v) is 3.26. The highest BCUT2D eigenvalue weighted by Gasteiger charge is 2.25. The van der Waals surface area contributed by atoms with Gasteiger partial charge in [0.2, 0.25) is 5.82 Å². The fourth-order valence-electron chi connectivity index (χ4n) is 1.47. The lowest BCUT2D eigenvalue weighted by molar-refractivity contribution is -0.0450. The molecule has 1 aliphatic rings. The molecular formula is C8H12N4O3. The number of hydrogen-bond donors (Lipinski definition) is 2. The molecule has 1 aromatic rings. The summed E-state index contributed by atoms with van der Waals surface area (Å²) in [7, 11) is 0. The van der Waals surface area contributed by atoms with Crippen molar-refractivity contribution in [1.29, 1.82) is 0 Å². The van der Waals surface area contributed by atoms with Gasteiger partial charge in [0.1, 0.15) is 6.33 Å². The zero-order valence-corrected chi connectivity index (χ0v) is 8.09. The Morgan fingerprint density at radius 1 is 1.80 bits per heavy atom. The first-order valence-corrected chi connectivity index (χ1v) is 4.68. The number of aromatic nitrogens is 3. The summed E-state index contributed by atoms with van der Waals surface area (Å²) >= 11 is 0. The van der Waals surface area contributed by atoms with Crippen LogP contribution in [-0.4, -0.2) is 63.5 Å². The SMILES string of the molecule is O=C(c1ncn[nH]1)N1CCOC(CO)C1. The molecule has 2 rings (SSSR count). The Labute approximate surface area is 86.1 Å². The van der Waals surface area contributed by atoms with Crippen LogP contribution in [0.1, 0.15) is 10.6 Å². The Balaban J connectivity index is 2.01. The molecule has 2 N–H and O–H groups in total. The second-order valence-electron chi connectivity index (χ2n) is 3.26. The highest BCUT2D eigenvalue weighted by atomic mass is 16.5. The monoisotopic (exact) mass is 212 g/mol. The molecule has 1 aromatic heterocycles. The van der Waals surface area contributed by atoms with Crippen molar-refractivity contribution in [2.45, 2.75) is 6.10 Å². The molecule has 0 spiro atoms. The van der Waals surface area contributed by atoms with E-state index in [1.165, 1.54) is 6.33 Å². The van der Waals surface area contributed by atoms with E-state index in [0.29, 0.717) is 19.7 Å². The van der Waals surface area contributed by atoms with Crippen LogP contribution in [0.3, 0.4) is 0 Å². The molecule has 15 heavy (non-hydrogen) atoms. The largest absolute Gasteiger partial charge is 0.394 e. The number of hydrogen-bond acceptors (Lipinski definition) is 5. The van der Waals surface area contributed by atoms with Gasteiger partial charge in [-0.1, -0.05) is 0 Å². The number of aromatic amines is 1. The van der Waals surface area contributed by atoms with Gasteiger partial charge >= 0.3 is 0 Å². The number of carbonyl (C=O) groups is 1. The van der Waals surface area contributed by atoms with Gasteiger partial charge in [-0.05, 0) is 0 Å². The minimum atomic E-state index is -0.300. The van der Waals surface area contributed by atoms with Gasteiger partial charge in [-0.25, -0.2) is 4.98 Å². The highest BCUT2D eigenvalue weighted by molar-refractivity contribution is 5.90. The average molecular weight is 212 g/mol. The Kier molecular flexibility index (Phi) is 2.93. The van der Waals surface area contributed by atoms with Gasteiger partial charge < -0.3 is 14.7 Å². The summed E-state index contributed by atoms with van der Waals surface area (Å²) in [6.07, 6.45) is 0.989. The van der Waals surface area contributed by atoms with Gasteiger partial charge in [0.25, 0.3) is 5.91 Å². The second kappa shape index (κ2) is 4.37. The van der Waals surface area contributed by atoms with Crippen LogP contribution >= 0.6 is 0 Å². The number of aliphatic hydroxyl groups is 1. The molecule has 0 aliphatic carbocycles. The third-order valence-corrected chi connectivity index (χ3v) is 2.25. The summed E-state index contributed by atoms with van der Waals surface area (Å²) in [6, 6.07) is 0. The predicted octanol–water partition coefficient (Wildman–Crippen LogP) is -1.36. The summed E-state index contributed by atoms with van der Waals surface area (Å²) in [4.78, 5) is 17.1. The number of ether oxygens (including phenoxy) is 1. The number of nitrogens with zero attached hydrogens (tertiary/aromatic N) is 3. The quantitative estimate of drug-likeness (QED) is 0.631. The molecule has 7 nitrogen and oxygen atoms in total. The normalized spacial score (nSPS) is 21.7. The van der Waals surface area contributed by atoms with E-state index >= 15 is 0 Å². The Morgan fingerprint density at radius 3 is 3.33 bits per heavy atom. The van der Waals surface area contributed by atoms with E-state index in [4.69, 9.17) is 9.84 Å². The van der Waals surface area contributed by atoms with Crippen LogP contribution in [0.15, 0.2) is 6.33 Å². The van der Waals surface area contributed by atoms with Gasteiger partial charge in [-0.2, -0.15) is 5.10 Å². The molecule has 7 heteroatoms. The topological polar surface area (TPSA) is 91.3 Å². The van der Waals surface area contributed by atoms with Crippen LogP contribution in [0.4, 0.5) is 0 Å². The average Bonchev–Trinajstić information content (AvgIpc) is 2.81. The first-order valence-electron chi connectivity index (χ1n) is 4.68. The van der Waals surface area contributed by atoms with Crippen molar-refractivity contribution in [2.75, 3.05) is 26.3 Å². The maximum atomic E-state index is 11.8. The van der Waals surface area contributed by atoms with E-state index in [2.05, 4.69) is 15.2 Å². The first kappa shape index (κ1) is 10.1. The number of nitrogens with one attached hydrogen (secondary N) is 1. The van der Waals surface area contributed by atoms with E-state index in [-0.39, 0.29) is 24.4 Å². The summed E-state index contributed by atoms with van der Waals surface area (Å²) in [5.74, 6) is 0.00263. The van der Waals surface area contributed by atoms with Crippen LogP contribution in [0.25, 0.3) is 0 Å². The Morgan fingerprint density at radius 2 is 2.67 bits per heavy atom. The molecule has 1 saturated heterocycles. The summed E-state index contributed by atoms with van der Waals surface area (Å²) in [5, 5.41) is 15.0. The number of carbonyl (C=O) groups excluding carboxylic acids is 1. The lowest BCUT2D eigenvalue weighted by atomic mass is 10.3. The van der Waals surface area contributed by atoms with Crippen LogP contribution < -0.4 is 0 Å². The van der Waals surface area contributed by atoms with Crippen molar-refractivity contribution in [3.8, 4) is 0 Å². The van der Waals surface area contributed by atoms with Crippen LogP contribution in [-0.2, 0) is 4.74 Å². The van der Waals surface area contributed by atoms with E-state index in [1.54, 1.807) is 4.90 Å². The van der Waals surface area contributed by atoms with Crippen LogP contribution in [0.5, 0.6) is 0 Å². The number of amides is 1. The molecule has 1 fully saturated rings. The molecule has 82 valence electrons. The Bertz CT molecular complexity index is 327. The van der Waals surface area contributed by atoms with Gasteiger partial charge in [0.15, 0.2) is 0 Å². The lowest BCUT2D eigenvalue weighted by Gasteiger charge is -2.31. The molecule has 1 atom stereocenters. The van der Waals surface area contributed by atoms with Crippen LogP contribution in [0, 0.1) is 0 Å². The smallest absolute Gasteiger partial charge is 0.291 e. The molecule has 2 heterocycles. The molecule has 1 aliphatic heterocycles. The zero-order chi connectivity index (χ0) is 10.7. The number of H-pyrrole nitrogens is 1. The third-order valence-electron chi connectivity index (χ3n) is 2.25. The summed E-state index contributed by atoms with van der Waals surface area (Å²) < 4.78 is 5.23. The van der Waals surface area contributed by atoms with Crippen molar-refractivity contribution in [3.05, 3.63) is 12.2 Å². The fraction of sp³-hybridized carbons (Fsp3) is 0.625. The van der Waals surface area contributed by atoms with Gasteiger partial charge in [-0.3, -0.25) is 9.89 Å². The van der Waals surface area contributed by atoms with Crippen molar-refractivity contribution in [2.24, 2.45) is 0 Å². The van der Waals surface area contributed by atoms with Gasteiger partial charge in [0.05, 0.1) is 19.3 Å². The maximum Gasteiger partial charge on any atom is 0.291 e. The van der Waals surface area contributed by atoms with E-state index in [1.807, 2.05) is 0 Å². The summed E-state index contributed by atoms with van der Waals surface area (Å²) in [6.45, 7) is 1.25. The third kappa shape index (κ3) is 2.13. The molecule has 0 radical (unpaired) electrons. The van der Waals surface area contributed by atoms with Crippen molar-refractivity contribution in [1.82, 2.24) is 20.1 Å². The van der Waals surface area contributed by atoms with E-state index in [9.17, 15) is 4.79 Å². The fourth-order valence-corrected chi connectivity index (χ4v) is 1.47. The molecule has 0 bridgehead atoms. The van der Waals surface area contributed by atoms with Gasteiger partial charge in [0, 0.05) is 13.1 Å². The molecule has 1 unspecified atom stereocenters. The zero-order valence-electron chi connectivity index (χ0n) is 8.09. The first-order chi connectivity index (χ1) is 7.31. The number of aliphatic hydroxyl groups excluding tert-OH is 1. The van der Waals surface area contributed by atoms with E-state index < -0.39 is 0 Å². The van der Waals surface area contributed by atoms with Gasteiger partial charge in [-0.15, -0.1) is 0 Å². The molecule has 0 saturated carbocycles. The molecule has 0 aromatic carbocycles. The standard InChI is InChI=1S/C8H12N4O3/c13-4-6-3-12(1-2-15-6)8(14)7-9-5-10-11-7/h5-6,13H,1-4H2,(H,9,10,11). The Hall–Kier alpha value is -1.47. The minimum Gasteiger partial charge on any atom is -0.394 e. The van der Waals surface area contributed by atoms with Crippen LogP contribution in [0.2, 0.25) is 0 Å². The summed E-state index contributed by atoms with van der Waals surface area (Å²) in [5.41, 5.74) is 0. The molecule has 1 amide bonds. The number of morpholine rings is 1. The molecular weight excluding hydrogens is 200 g/mol. The number of rotatable bonds is 2. The predicted molar refractivity (Wildman–Crippen MR) is 49.1 cm³/mol. The minimum absolute atomic E-state index is 0.0832. The van der Waals surface area contributed by atoms with Crippen molar-refractivity contribution >= 4 is 5.91 Å². The maximum absolute atomic E-state index is 11.8. The lowest BCUT2D eigenvalue weighted by Crippen LogP contribution is -2.47. The van der Waals surface area contributed by atoms with Crippen molar-refractivity contribution < 1.29 is 14.6 Å². The highest BCUT2D eigenvalue weighted by Crippen LogP contribution is 2.07.